The number of aromatic nitrogens is 2. The second-order valence-corrected chi connectivity index (χ2v) is 4.76. The Morgan fingerprint density at radius 3 is 2.90 bits per heavy atom. The van der Waals surface area contributed by atoms with Crippen LogP contribution in [0, 0.1) is 12.3 Å². The fourth-order valence-corrected chi connectivity index (χ4v) is 2.52. The number of imidazole rings is 1. The number of benzene rings is 1. The lowest BCUT2D eigenvalue weighted by atomic mass is 9.95. The van der Waals surface area contributed by atoms with Crippen molar-refractivity contribution in [1.82, 2.24) is 9.55 Å². The van der Waals surface area contributed by atoms with Crippen molar-refractivity contribution in [2.24, 2.45) is 0 Å². The lowest BCUT2D eigenvalue weighted by Gasteiger charge is -2.26. The Hall–Kier alpha value is -1.91. The van der Waals surface area contributed by atoms with Gasteiger partial charge in [0.25, 0.3) is 0 Å². The zero-order valence-corrected chi connectivity index (χ0v) is 10.5. The van der Waals surface area contributed by atoms with Gasteiger partial charge in [0, 0.05) is 0 Å². The van der Waals surface area contributed by atoms with Crippen molar-refractivity contribution in [2.45, 2.75) is 24.0 Å². The number of hydrogen-bond donors (Lipinski definition) is 3. The molecule has 3 unspecified atom stereocenters. The highest BCUT2D eigenvalue weighted by Gasteiger charge is 2.55. The molecule has 1 aliphatic rings. The van der Waals surface area contributed by atoms with Crippen LogP contribution in [0.2, 0.25) is 0 Å². The van der Waals surface area contributed by atoms with Gasteiger partial charge in [0.05, 0.1) is 24.0 Å². The molecule has 20 heavy (non-hydrogen) atoms. The summed E-state index contributed by atoms with van der Waals surface area (Å²) in [6, 6.07) is 7.29. The third-order valence-electron chi connectivity index (χ3n) is 3.63. The molecule has 0 bridgehead atoms. The molecule has 0 saturated carbocycles. The SMILES string of the molecule is C#C[C@@]1(O)C(O)C(CO)OC1n1cnc2ccccc21. The molecule has 1 saturated heterocycles. The Labute approximate surface area is 115 Å². The summed E-state index contributed by atoms with van der Waals surface area (Å²) in [6.45, 7) is -0.436. The molecule has 1 fully saturated rings. The van der Waals surface area contributed by atoms with E-state index < -0.39 is 30.6 Å². The lowest BCUT2D eigenvalue weighted by molar-refractivity contribution is -0.0718. The summed E-state index contributed by atoms with van der Waals surface area (Å²) in [7, 11) is 0. The van der Waals surface area contributed by atoms with E-state index in [-0.39, 0.29) is 0 Å². The molecule has 6 heteroatoms. The quantitative estimate of drug-likeness (QED) is 0.652. The van der Waals surface area contributed by atoms with E-state index in [1.165, 1.54) is 6.33 Å². The summed E-state index contributed by atoms with van der Waals surface area (Å²) in [5.41, 5.74) is -0.481. The van der Waals surface area contributed by atoms with Gasteiger partial charge in [-0.25, -0.2) is 4.98 Å². The third kappa shape index (κ3) is 1.65. The minimum atomic E-state index is -1.92. The molecule has 104 valence electrons. The van der Waals surface area contributed by atoms with Gasteiger partial charge in [-0.3, -0.25) is 4.57 Å². The van der Waals surface area contributed by atoms with Crippen LogP contribution in [0.25, 0.3) is 11.0 Å². The number of rotatable bonds is 2. The first kappa shape index (κ1) is 13.1. The van der Waals surface area contributed by atoms with Gasteiger partial charge in [0.2, 0.25) is 0 Å². The van der Waals surface area contributed by atoms with Crippen LogP contribution in [0.3, 0.4) is 0 Å². The molecule has 0 amide bonds. The fraction of sp³-hybridized carbons (Fsp3) is 0.357. The van der Waals surface area contributed by atoms with E-state index in [9.17, 15) is 15.3 Å². The van der Waals surface area contributed by atoms with Crippen LogP contribution in [0.4, 0.5) is 0 Å². The molecule has 4 atom stereocenters. The van der Waals surface area contributed by atoms with Crippen LogP contribution >= 0.6 is 0 Å². The molecule has 3 N–H and O–H groups in total. The van der Waals surface area contributed by atoms with Gasteiger partial charge < -0.3 is 20.1 Å². The van der Waals surface area contributed by atoms with Crippen LogP contribution in [0.1, 0.15) is 6.23 Å². The fourth-order valence-electron chi connectivity index (χ4n) is 2.52. The van der Waals surface area contributed by atoms with Crippen LogP contribution in [0.5, 0.6) is 0 Å². The molecule has 2 aromatic rings. The summed E-state index contributed by atoms with van der Waals surface area (Å²) < 4.78 is 7.08. The van der Waals surface area contributed by atoms with Crippen molar-refractivity contribution in [1.29, 1.82) is 0 Å². The molecule has 0 radical (unpaired) electrons. The Bertz CT molecular complexity index is 677. The lowest BCUT2D eigenvalue weighted by Crippen LogP contribution is -2.45. The van der Waals surface area contributed by atoms with E-state index in [2.05, 4.69) is 10.9 Å². The maximum atomic E-state index is 10.5. The van der Waals surface area contributed by atoms with Crippen molar-refractivity contribution in [2.75, 3.05) is 6.61 Å². The normalized spacial score (nSPS) is 33.4. The van der Waals surface area contributed by atoms with E-state index in [1.54, 1.807) is 10.6 Å². The van der Waals surface area contributed by atoms with Gasteiger partial charge in [-0.1, -0.05) is 18.1 Å². The predicted molar refractivity (Wildman–Crippen MR) is 70.5 cm³/mol. The van der Waals surface area contributed by atoms with Crippen LogP contribution in [-0.4, -0.2) is 49.3 Å². The summed E-state index contributed by atoms with van der Waals surface area (Å²) in [5.74, 6) is 2.18. The van der Waals surface area contributed by atoms with Crippen LogP contribution < -0.4 is 0 Å². The van der Waals surface area contributed by atoms with Crippen molar-refractivity contribution in [3.05, 3.63) is 30.6 Å². The standard InChI is InChI=1S/C14H14N2O4/c1-2-14(19)12(18)11(7-17)20-13(14)16-8-15-9-5-3-4-6-10(9)16/h1,3-6,8,11-13,17-19H,7H2/t11?,12?,13?,14-/m1/s1. The van der Waals surface area contributed by atoms with Crippen molar-refractivity contribution in [3.8, 4) is 12.3 Å². The third-order valence-corrected chi connectivity index (χ3v) is 3.63. The second-order valence-electron chi connectivity index (χ2n) is 4.76. The van der Waals surface area contributed by atoms with E-state index in [1.807, 2.05) is 18.2 Å². The van der Waals surface area contributed by atoms with Gasteiger partial charge in [0.15, 0.2) is 11.8 Å². The van der Waals surface area contributed by atoms with Crippen molar-refractivity contribution >= 4 is 11.0 Å². The molecular formula is C14H14N2O4. The average molecular weight is 274 g/mol. The summed E-state index contributed by atoms with van der Waals surface area (Å²) in [6.07, 6.45) is 3.53. The Kier molecular flexibility index (Phi) is 3.00. The average Bonchev–Trinajstić information content (AvgIpc) is 3.00. The van der Waals surface area contributed by atoms with Gasteiger partial charge >= 0.3 is 0 Å². The van der Waals surface area contributed by atoms with Crippen molar-refractivity contribution in [3.63, 3.8) is 0 Å². The largest absolute Gasteiger partial charge is 0.394 e. The van der Waals surface area contributed by atoms with Gasteiger partial charge in [-0.2, -0.15) is 0 Å². The Balaban J connectivity index is 2.11. The first-order valence-corrected chi connectivity index (χ1v) is 6.18. The highest BCUT2D eigenvalue weighted by atomic mass is 16.6. The minimum absolute atomic E-state index is 0.436. The van der Waals surface area contributed by atoms with E-state index in [4.69, 9.17) is 11.2 Å². The van der Waals surface area contributed by atoms with E-state index >= 15 is 0 Å². The molecule has 1 aromatic heterocycles. The number of ether oxygens (including phenoxy) is 1. The van der Waals surface area contributed by atoms with Gasteiger partial charge in [-0.15, -0.1) is 6.42 Å². The molecule has 6 nitrogen and oxygen atoms in total. The number of aliphatic hydroxyl groups excluding tert-OH is 2. The Morgan fingerprint density at radius 1 is 1.45 bits per heavy atom. The zero-order valence-electron chi connectivity index (χ0n) is 10.5. The highest BCUT2D eigenvalue weighted by molar-refractivity contribution is 5.75. The van der Waals surface area contributed by atoms with Crippen LogP contribution in [-0.2, 0) is 4.74 Å². The zero-order chi connectivity index (χ0) is 14.3. The minimum Gasteiger partial charge on any atom is -0.394 e. The summed E-state index contributed by atoms with van der Waals surface area (Å²) in [5, 5.41) is 29.7. The molecule has 3 rings (SSSR count). The molecule has 1 aliphatic heterocycles. The molecule has 0 aliphatic carbocycles. The predicted octanol–water partition coefficient (Wildman–Crippen LogP) is -0.349. The number of hydrogen-bond acceptors (Lipinski definition) is 5. The monoisotopic (exact) mass is 274 g/mol. The summed E-state index contributed by atoms with van der Waals surface area (Å²) >= 11 is 0. The smallest absolute Gasteiger partial charge is 0.199 e. The van der Waals surface area contributed by atoms with Gasteiger partial charge in [-0.05, 0) is 12.1 Å². The van der Waals surface area contributed by atoms with Gasteiger partial charge in [0.1, 0.15) is 12.2 Å². The number of para-hydroxylation sites is 2. The summed E-state index contributed by atoms with van der Waals surface area (Å²) in [4.78, 5) is 4.20. The molecule has 1 aromatic carbocycles. The maximum Gasteiger partial charge on any atom is 0.199 e. The molecular weight excluding hydrogens is 260 g/mol. The Morgan fingerprint density at radius 2 is 2.20 bits per heavy atom. The first-order valence-electron chi connectivity index (χ1n) is 6.18. The number of aliphatic hydroxyl groups is 3. The molecule has 2 heterocycles. The second kappa shape index (κ2) is 4.58. The first-order chi connectivity index (χ1) is 9.61. The molecule has 0 spiro atoms. The number of fused-ring (bicyclic) bond motifs is 1. The number of terminal acetylenes is 1. The maximum absolute atomic E-state index is 10.5. The highest BCUT2D eigenvalue weighted by Crippen LogP contribution is 2.39. The van der Waals surface area contributed by atoms with Crippen molar-refractivity contribution < 1.29 is 20.1 Å². The topological polar surface area (TPSA) is 87.7 Å². The van der Waals surface area contributed by atoms with E-state index in [0.29, 0.717) is 0 Å². The van der Waals surface area contributed by atoms with E-state index in [0.717, 1.165) is 11.0 Å². The van der Waals surface area contributed by atoms with Crippen LogP contribution in [0.15, 0.2) is 30.6 Å². The number of nitrogens with zero attached hydrogens (tertiary/aromatic N) is 2.